The molecule has 21 heavy (non-hydrogen) atoms. The summed E-state index contributed by atoms with van der Waals surface area (Å²) in [5.41, 5.74) is 0.748. The number of hydrogen-bond donors (Lipinski definition) is 1. The number of nitrogens with one attached hydrogen (secondary N) is 1. The number of rotatable bonds is 9. The molecule has 6 nitrogen and oxygen atoms in total. The maximum absolute atomic E-state index is 11.7. The summed E-state index contributed by atoms with van der Waals surface area (Å²) in [6.45, 7) is 4.25. The number of nitrogens with zero attached hydrogens (tertiary/aromatic N) is 3. The van der Waals surface area contributed by atoms with E-state index in [9.17, 15) is 8.42 Å². The molecule has 8 heteroatoms. The van der Waals surface area contributed by atoms with Crippen LogP contribution in [-0.2, 0) is 16.4 Å². The SMILES string of the molecule is CCCNC(CS(C)(=O)=O)c1c(Cl)cnn1CCN(C)C. The number of likely N-dealkylation sites (N-methyl/N-ethyl adjacent to an activating group) is 1. The summed E-state index contributed by atoms with van der Waals surface area (Å²) in [5, 5.41) is 8.03. The van der Waals surface area contributed by atoms with Crippen molar-refractivity contribution in [2.45, 2.75) is 25.9 Å². The van der Waals surface area contributed by atoms with Crippen molar-refractivity contribution in [1.29, 1.82) is 0 Å². The predicted octanol–water partition coefficient (Wildman–Crippen LogP) is 1.18. The fourth-order valence-corrected chi connectivity index (χ4v) is 3.20. The van der Waals surface area contributed by atoms with Crippen LogP contribution in [0.3, 0.4) is 0 Å². The molecule has 122 valence electrons. The van der Waals surface area contributed by atoms with Crippen molar-refractivity contribution in [2.75, 3.05) is 39.2 Å². The summed E-state index contributed by atoms with van der Waals surface area (Å²) in [5.74, 6) is 0.0143. The lowest BCUT2D eigenvalue weighted by Gasteiger charge is -2.20. The van der Waals surface area contributed by atoms with Gasteiger partial charge in [0.2, 0.25) is 0 Å². The van der Waals surface area contributed by atoms with Gasteiger partial charge in [-0.1, -0.05) is 18.5 Å². The van der Waals surface area contributed by atoms with E-state index in [1.54, 1.807) is 10.9 Å². The minimum absolute atomic E-state index is 0.0143. The van der Waals surface area contributed by atoms with Crippen LogP contribution < -0.4 is 5.32 Å². The Morgan fingerprint density at radius 3 is 2.67 bits per heavy atom. The van der Waals surface area contributed by atoms with Gasteiger partial charge in [0, 0.05) is 12.8 Å². The average molecular weight is 337 g/mol. The zero-order chi connectivity index (χ0) is 16.0. The van der Waals surface area contributed by atoms with E-state index in [4.69, 9.17) is 11.6 Å². The van der Waals surface area contributed by atoms with Gasteiger partial charge in [-0.15, -0.1) is 0 Å². The highest BCUT2D eigenvalue weighted by Crippen LogP contribution is 2.24. The molecule has 0 aromatic carbocycles. The predicted molar refractivity (Wildman–Crippen MR) is 86.5 cm³/mol. The molecule has 1 unspecified atom stereocenters. The highest BCUT2D eigenvalue weighted by Gasteiger charge is 2.23. The van der Waals surface area contributed by atoms with E-state index in [2.05, 4.69) is 10.4 Å². The summed E-state index contributed by atoms with van der Waals surface area (Å²) in [7, 11) is 0.843. The zero-order valence-corrected chi connectivity index (χ0v) is 14.7. The second kappa shape index (κ2) is 8.12. The third-order valence-electron chi connectivity index (χ3n) is 3.03. The quantitative estimate of drug-likeness (QED) is 0.733. The smallest absolute Gasteiger partial charge is 0.149 e. The lowest BCUT2D eigenvalue weighted by Crippen LogP contribution is -2.31. The van der Waals surface area contributed by atoms with Crippen LogP contribution in [-0.4, -0.2) is 62.3 Å². The first-order valence-corrected chi connectivity index (χ1v) is 9.45. The molecule has 1 N–H and O–H groups in total. The summed E-state index contributed by atoms with van der Waals surface area (Å²) < 4.78 is 25.1. The Labute approximate surface area is 132 Å². The minimum atomic E-state index is -3.12. The van der Waals surface area contributed by atoms with Gasteiger partial charge in [-0.05, 0) is 27.1 Å². The van der Waals surface area contributed by atoms with E-state index in [0.717, 1.165) is 25.2 Å². The molecule has 1 atom stereocenters. The molecule has 0 saturated carbocycles. The maximum atomic E-state index is 11.7. The summed E-state index contributed by atoms with van der Waals surface area (Å²) in [4.78, 5) is 2.05. The van der Waals surface area contributed by atoms with E-state index in [0.29, 0.717) is 11.6 Å². The Balaban J connectivity index is 3.02. The van der Waals surface area contributed by atoms with Crippen LogP contribution in [0.5, 0.6) is 0 Å². The molecule has 0 aliphatic carbocycles. The number of hydrogen-bond acceptors (Lipinski definition) is 5. The molecule has 0 radical (unpaired) electrons. The maximum Gasteiger partial charge on any atom is 0.149 e. The monoisotopic (exact) mass is 336 g/mol. The van der Waals surface area contributed by atoms with E-state index in [-0.39, 0.29) is 11.8 Å². The zero-order valence-electron chi connectivity index (χ0n) is 13.1. The Bertz CT molecular complexity index is 542. The van der Waals surface area contributed by atoms with Gasteiger partial charge in [0.05, 0.1) is 35.3 Å². The Kier molecular flexibility index (Phi) is 7.12. The van der Waals surface area contributed by atoms with Crippen LogP contribution in [0.4, 0.5) is 0 Å². The van der Waals surface area contributed by atoms with Gasteiger partial charge in [-0.2, -0.15) is 5.10 Å². The topological polar surface area (TPSA) is 67.2 Å². The lowest BCUT2D eigenvalue weighted by atomic mass is 10.2. The van der Waals surface area contributed by atoms with Crippen molar-refractivity contribution in [3.8, 4) is 0 Å². The first kappa shape index (κ1) is 18.4. The molecule has 1 aromatic heterocycles. The van der Waals surface area contributed by atoms with Crippen molar-refractivity contribution < 1.29 is 8.42 Å². The Morgan fingerprint density at radius 2 is 2.14 bits per heavy atom. The van der Waals surface area contributed by atoms with E-state index >= 15 is 0 Å². The molecular formula is C13H25ClN4O2S. The largest absolute Gasteiger partial charge is 0.308 e. The van der Waals surface area contributed by atoms with Crippen molar-refractivity contribution in [3.05, 3.63) is 16.9 Å². The minimum Gasteiger partial charge on any atom is -0.308 e. The summed E-state index contributed by atoms with van der Waals surface area (Å²) >= 11 is 6.23. The van der Waals surface area contributed by atoms with Gasteiger partial charge in [-0.25, -0.2) is 8.42 Å². The van der Waals surface area contributed by atoms with Crippen LogP contribution in [0.1, 0.15) is 25.1 Å². The molecule has 1 aromatic rings. The fourth-order valence-electron chi connectivity index (χ4n) is 2.05. The van der Waals surface area contributed by atoms with Crippen molar-refractivity contribution in [1.82, 2.24) is 20.0 Å². The van der Waals surface area contributed by atoms with Gasteiger partial charge >= 0.3 is 0 Å². The van der Waals surface area contributed by atoms with Gasteiger partial charge in [0.15, 0.2) is 0 Å². The first-order chi connectivity index (χ1) is 9.74. The van der Waals surface area contributed by atoms with Gasteiger partial charge in [-0.3, -0.25) is 4.68 Å². The van der Waals surface area contributed by atoms with Crippen LogP contribution in [0.15, 0.2) is 6.20 Å². The van der Waals surface area contributed by atoms with Crippen LogP contribution >= 0.6 is 11.6 Å². The third-order valence-corrected chi connectivity index (χ3v) is 4.26. The van der Waals surface area contributed by atoms with Gasteiger partial charge < -0.3 is 10.2 Å². The van der Waals surface area contributed by atoms with Crippen LogP contribution in [0, 0.1) is 0 Å². The van der Waals surface area contributed by atoms with Crippen LogP contribution in [0.25, 0.3) is 0 Å². The Hall–Kier alpha value is -0.630. The van der Waals surface area contributed by atoms with Gasteiger partial charge in [0.25, 0.3) is 0 Å². The molecule has 0 bridgehead atoms. The highest BCUT2D eigenvalue weighted by atomic mass is 35.5. The van der Waals surface area contributed by atoms with Crippen molar-refractivity contribution in [2.24, 2.45) is 0 Å². The normalized spacial score (nSPS) is 13.8. The molecule has 1 heterocycles. The first-order valence-electron chi connectivity index (χ1n) is 7.01. The lowest BCUT2D eigenvalue weighted by molar-refractivity contribution is 0.364. The van der Waals surface area contributed by atoms with Crippen molar-refractivity contribution in [3.63, 3.8) is 0 Å². The second-order valence-electron chi connectivity index (χ2n) is 5.50. The van der Waals surface area contributed by atoms with E-state index < -0.39 is 9.84 Å². The molecule has 0 fully saturated rings. The van der Waals surface area contributed by atoms with Crippen LogP contribution in [0.2, 0.25) is 5.02 Å². The summed E-state index contributed by atoms with van der Waals surface area (Å²) in [6, 6.07) is -0.336. The summed E-state index contributed by atoms with van der Waals surface area (Å²) in [6.07, 6.45) is 3.74. The molecule has 0 aliphatic heterocycles. The average Bonchev–Trinajstić information content (AvgIpc) is 2.72. The van der Waals surface area contributed by atoms with E-state index in [1.165, 1.54) is 6.26 Å². The molecule has 0 spiro atoms. The van der Waals surface area contributed by atoms with Gasteiger partial charge in [0.1, 0.15) is 9.84 Å². The number of sulfone groups is 1. The van der Waals surface area contributed by atoms with Crippen molar-refractivity contribution >= 4 is 21.4 Å². The molecule has 0 saturated heterocycles. The number of halogens is 1. The highest BCUT2D eigenvalue weighted by molar-refractivity contribution is 7.90. The molecule has 0 aliphatic rings. The standard InChI is InChI=1S/C13H25ClN4O2S/c1-5-6-15-12(10-21(4,19)20)13-11(14)9-16-18(13)8-7-17(2)3/h9,12,15H,5-8,10H2,1-4H3. The fraction of sp³-hybridized carbons (Fsp3) is 0.769. The molecule has 1 rings (SSSR count). The second-order valence-corrected chi connectivity index (χ2v) is 8.10. The molecule has 0 amide bonds. The number of aromatic nitrogens is 2. The Morgan fingerprint density at radius 1 is 1.48 bits per heavy atom. The van der Waals surface area contributed by atoms with E-state index in [1.807, 2.05) is 25.9 Å². The molecular weight excluding hydrogens is 312 g/mol. The third kappa shape index (κ3) is 6.34.